The average molecular weight is 239 g/mol. The number of hydrogen-bond donors (Lipinski definition) is 2. The lowest BCUT2D eigenvalue weighted by atomic mass is 9.86. The smallest absolute Gasteiger partial charge is 0.0319 e. The second-order valence-electron chi connectivity index (χ2n) is 6.12. The SMILES string of the molecule is CN1CCCC(CN)(NC2CCCCC2)CC1. The Bertz CT molecular complexity index is 226. The van der Waals surface area contributed by atoms with Crippen LogP contribution in [0.4, 0.5) is 0 Å². The van der Waals surface area contributed by atoms with E-state index in [0.29, 0.717) is 0 Å². The molecule has 3 nitrogen and oxygen atoms in total. The summed E-state index contributed by atoms with van der Waals surface area (Å²) in [7, 11) is 2.23. The third-order valence-electron chi connectivity index (χ3n) is 4.67. The number of nitrogens with zero attached hydrogens (tertiary/aromatic N) is 1. The van der Waals surface area contributed by atoms with Gasteiger partial charge in [0, 0.05) is 18.1 Å². The molecular formula is C14H29N3. The monoisotopic (exact) mass is 239 g/mol. The van der Waals surface area contributed by atoms with E-state index in [0.717, 1.165) is 12.6 Å². The zero-order chi connectivity index (χ0) is 12.1. The van der Waals surface area contributed by atoms with Crippen LogP contribution in [0.1, 0.15) is 51.4 Å². The summed E-state index contributed by atoms with van der Waals surface area (Å²) in [5, 5.41) is 3.93. The lowest BCUT2D eigenvalue weighted by Gasteiger charge is -2.38. The Hall–Kier alpha value is -0.120. The number of hydrogen-bond acceptors (Lipinski definition) is 3. The Morgan fingerprint density at radius 1 is 1.12 bits per heavy atom. The molecule has 1 heterocycles. The molecule has 3 N–H and O–H groups in total. The molecule has 1 aliphatic carbocycles. The maximum absolute atomic E-state index is 6.09. The Kier molecular flexibility index (Phi) is 4.83. The summed E-state index contributed by atoms with van der Waals surface area (Å²) < 4.78 is 0. The van der Waals surface area contributed by atoms with Crippen molar-refractivity contribution in [2.45, 2.75) is 62.9 Å². The van der Waals surface area contributed by atoms with Gasteiger partial charge in [-0.25, -0.2) is 0 Å². The minimum Gasteiger partial charge on any atom is -0.329 e. The predicted octanol–water partition coefficient (Wildman–Crippen LogP) is 1.72. The van der Waals surface area contributed by atoms with Gasteiger partial charge in [0.2, 0.25) is 0 Å². The molecule has 17 heavy (non-hydrogen) atoms. The van der Waals surface area contributed by atoms with Gasteiger partial charge in [-0.2, -0.15) is 0 Å². The molecule has 0 aromatic rings. The van der Waals surface area contributed by atoms with Gasteiger partial charge in [-0.1, -0.05) is 19.3 Å². The zero-order valence-corrected chi connectivity index (χ0v) is 11.4. The highest BCUT2D eigenvalue weighted by Gasteiger charge is 2.32. The van der Waals surface area contributed by atoms with E-state index in [1.807, 2.05) is 0 Å². The van der Waals surface area contributed by atoms with Crippen LogP contribution in [0.3, 0.4) is 0 Å². The summed E-state index contributed by atoms with van der Waals surface area (Å²) in [5.74, 6) is 0. The van der Waals surface area contributed by atoms with Crippen LogP contribution in [0.2, 0.25) is 0 Å². The number of nitrogens with one attached hydrogen (secondary N) is 1. The highest BCUT2D eigenvalue weighted by Crippen LogP contribution is 2.25. The molecule has 1 aliphatic heterocycles. The van der Waals surface area contributed by atoms with Gasteiger partial charge < -0.3 is 16.0 Å². The number of nitrogens with two attached hydrogens (primary N) is 1. The van der Waals surface area contributed by atoms with E-state index in [1.54, 1.807) is 0 Å². The molecule has 1 unspecified atom stereocenters. The van der Waals surface area contributed by atoms with Crippen LogP contribution >= 0.6 is 0 Å². The van der Waals surface area contributed by atoms with E-state index in [9.17, 15) is 0 Å². The quantitative estimate of drug-likeness (QED) is 0.788. The second-order valence-corrected chi connectivity index (χ2v) is 6.12. The highest BCUT2D eigenvalue weighted by atomic mass is 15.1. The number of rotatable bonds is 3. The fourth-order valence-electron chi connectivity index (χ4n) is 3.42. The lowest BCUT2D eigenvalue weighted by Crippen LogP contribution is -2.56. The minimum absolute atomic E-state index is 0.229. The van der Waals surface area contributed by atoms with Gasteiger partial charge in [0.1, 0.15) is 0 Å². The van der Waals surface area contributed by atoms with Crippen molar-refractivity contribution < 1.29 is 0 Å². The Morgan fingerprint density at radius 3 is 2.59 bits per heavy atom. The summed E-state index contributed by atoms with van der Waals surface area (Å²) >= 11 is 0. The normalized spacial score (nSPS) is 33.5. The molecule has 1 saturated carbocycles. The van der Waals surface area contributed by atoms with E-state index in [4.69, 9.17) is 5.73 Å². The summed E-state index contributed by atoms with van der Waals surface area (Å²) in [6.45, 7) is 3.22. The van der Waals surface area contributed by atoms with Gasteiger partial charge in [-0.3, -0.25) is 0 Å². The molecule has 100 valence electrons. The molecule has 0 aromatic carbocycles. The highest BCUT2D eigenvalue weighted by molar-refractivity contribution is 4.94. The van der Waals surface area contributed by atoms with Crippen LogP contribution in [0, 0.1) is 0 Å². The van der Waals surface area contributed by atoms with Crippen LogP contribution < -0.4 is 11.1 Å². The van der Waals surface area contributed by atoms with Crippen LogP contribution in [0.15, 0.2) is 0 Å². The average Bonchev–Trinajstić information content (AvgIpc) is 2.54. The molecule has 0 amide bonds. The molecule has 1 atom stereocenters. The van der Waals surface area contributed by atoms with Crippen LogP contribution in [0.5, 0.6) is 0 Å². The van der Waals surface area contributed by atoms with Gasteiger partial charge in [0.25, 0.3) is 0 Å². The van der Waals surface area contributed by atoms with Crippen LogP contribution in [0.25, 0.3) is 0 Å². The molecule has 0 radical (unpaired) electrons. The van der Waals surface area contributed by atoms with Crippen molar-refractivity contribution in [1.82, 2.24) is 10.2 Å². The Morgan fingerprint density at radius 2 is 1.88 bits per heavy atom. The van der Waals surface area contributed by atoms with Crippen molar-refractivity contribution >= 4 is 0 Å². The maximum atomic E-state index is 6.09. The molecular weight excluding hydrogens is 210 g/mol. The van der Waals surface area contributed by atoms with Gasteiger partial charge in [-0.15, -0.1) is 0 Å². The first-order chi connectivity index (χ1) is 8.24. The van der Waals surface area contributed by atoms with Crippen LogP contribution in [-0.4, -0.2) is 43.2 Å². The molecule has 2 fully saturated rings. The fraction of sp³-hybridized carbons (Fsp3) is 1.00. The van der Waals surface area contributed by atoms with E-state index < -0.39 is 0 Å². The van der Waals surface area contributed by atoms with Gasteiger partial charge in [-0.05, 0) is 52.2 Å². The van der Waals surface area contributed by atoms with Crippen molar-refractivity contribution in [3.8, 4) is 0 Å². The van der Waals surface area contributed by atoms with Crippen molar-refractivity contribution in [3.63, 3.8) is 0 Å². The second kappa shape index (κ2) is 6.17. The van der Waals surface area contributed by atoms with Crippen molar-refractivity contribution in [1.29, 1.82) is 0 Å². The molecule has 0 spiro atoms. The minimum atomic E-state index is 0.229. The van der Waals surface area contributed by atoms with Crippen molar-refractivity contribution in [3.05, 3.63) is 0 Å². The standard InChI is InChI=1S/C14H29N3/c1-17-10-5-8-14(12-15,9-11-17)16-13-6-3-2-4-7-13/h13,16H,2-12,15H2,1H3. The summed E-state index contributed by atoms with van der Waals surface area (Å²) in [5.41, 5.74) is 6.32. The zero-order valence-electron chi connectivity index (χ0n) is 11.4. The van der Waals surface area contributed by atoms with Crippen molar-refractivity contribution in [2.24, 2.45) is 5.73 Å². The topological polar surface area (TPSA) is 41.3 Å². The fourth-order valence-corrected chi connectivity index (χ4v) is 3.42. The third-order valence-corrected chi connectivity index (χ3v) is 4.67. The molecule has 2 aliphatic rings. The van der Waals surface area contributed by atoms with Gasteiger partial charge >= 0.3 is 0 Å². The number of likely N-dealkylation sites (tertiary alicyclic amines) is 1. The lowest BCUT2D eigenvalue weighted by molar-refractivity contribution is 0.225. The Balaban J connectivity index is 1.92. The van der Waals surface area contributed by atoms with E-state index in [2.05, 4.69) is 17.3 Å². The first-order valence-corrected chi connectivity index (χ1v) is 7.40. The molecule has 2 rings (SSSR count). The summed E-state index contributed by atoms with van der Waals surface area (Å²) in [6, 6.07) is 0.732. The molecule has 3 heteroatoms. The van der Waals surface area contributed by atoms with E-state index >= 15 is 0 Å². The Labute approximate surface area is 106 Å². The maximum Gasteiger partial charge on any atom is 0.0319 e. The van der Waals surface area contributed by atoms with Crippen LogP contribution in [-0.2, 0) is 0 Å². The van der Waals surface area contributed by atoms with Crippen molar-refractivity contribution in [2.75, 3.05) is 26.7 Å². The first kappa shape index (κ1) is 13.3. The molecule has 0 aromatic heterocycles. The van der Waals surface area contributed by atoms with E-state index in [-0.39, 0.29) is 5.54 Å². The predicted molar refractivity (Wildman–Crippen MR) is 73.1 cm³/mol. The third kappa shape index (κ3) is 3.67. The first-order valence-electron chi connectivity index (χ1n) is 7.40. The summed E-state index contributed by atoms with van der Waals surface area (Å²) in [6.07, 6.45) is 10.7. The van der Waals surface area contributed by atoms with Gasteiger partial charge in [0.05, 0.1) is 0 Å². The summed E-state index contributed by atoms with van der Waals surface area (Å²) in [4.78, 5) is 2.44. The van der Waals surface area contributed by atoms with Gasteiger partial charge in [0.15, 0.2) is 0 Å². The molecule has 1 saturated heterocycles. The largest absolute Gasteiger partial charge is 0.329 e. The molecule has 0 bridgehead atoms. The van der Waals surface area contributed by atoms with E-state index in [1.165, 1.54) is 64.5 Å².